The maximum Gasteiger partial charge on any atom is 0.248 e. The summed E-state index contributed by atoms with van der Waals surface area (Å²) in [5.74, 6) is 0.852. The van der Waals surface area contributed by atoms with Crippen LogP contribution in [0.3, 0.4) is 0 Å². The van der Waals surface area contributed by atoms with Gasteiger partial charge in [0.25, 0.3) is 0 Å². The second kappa shape index (κ2) is 6.52. The van der Waals surface area contributed by atoms with E-state index < -0.39 is 0 Å². The third kappa shape index (κ3) is 3.92. The highest BCUT2D eigenvalue weighted by Gasteiger charge is 2.23. The Kier molecular flexibility index (Phi) is 4.74. The summed E-state index contributed by atoms with van der Waals surface area (Å²) in [7, 11) is 1.54. The molecule has 1 aromatic rings. The van der Waals surface area contributed by atoms with Gasteiger partial charge in [0.2, 0.25) is 5.91 Å². The van der Waals surface area contributed by atoms with Crippen molar-refractivity contribution in [3.8, 4) is 5.75 Å². The first-order valence-electron chi connectivity index (χ1n) is 6.55. The van der Waals surface area contributed by atoms with E-state index in [-0.39, 0.29) is 18.6 Å². The van der Waals surface area contributed by atoms with Crippen LogP contribution in [-0.2, 0) is 9.53 Å². The standard InChI is InChI=1S/C14H20N2O3/c1-11-3-4-13(9-15-11)19-12-5-7-16(8-6-12)14(17)10-18-2/h3-4,9,12H,5-8,10H2,1-2H3. The van der Waals surface area contributed by atoms with E-state index in [0.717, 1.165) is 37.4 Å². The minimum absolute atomic E-state index is 0.0537. The Labute approximate surface area is 113 Å². The molecule has 0 unspecified atom stereocenters. The number of nitrogens with zero attached hydrogens (tertiary/aromatic N) is 2. The van der Waals surface area contributed by atoms with Gasteiger partial charge < -0.3 is 14.4 Å². The molecule has 2 rings (SSSR count). The van der Waals surface area contributed by atoms with Crippen molar-refractivity contribution >= 4 is 5.91 Å². The van der Waals surface area contributed by atoms with Gasteiger partial charge in [-0.15, -0.1) is 0 Å². The maximum absolute atomic E-state index is 11.7. The van der Waals surface area contributed by atoms with Crippen molar-refractivity contribution in [3.05, 3.63) is 24.0 Å². The fraction of sp³-hybridized carbons (Fsp3) is 0.571. The van der Waals surface area contributed by atoms with Crippen molar-refractivity contribution in [2.75, 3.05) is 26.8 Å². The Morgan fingerprint density at radius 3 is 2.74 bits per heavy atom. The van der Waals surface area contributed by atoms with Crippen molar-refractivity contribution in [1.82, 2.24) is 9.88 Å². The molecule has 0 spiro atoms. The van der Waals surface area contributed by atoms with Gasteiger partial charge in [-0.05, 0) is 19.1 Å². The van der Waals surface area contributed by atoms with Crippen LogP contribution in [0.1, 0.15) is 18.5 Å². The zero-order chi connectivity index (χ0) is 13.7. The van der Waals surface area contributed by atoms with Crippen LogP contribution in [0.2, 0.25) is 0 Å². The fourth-order valence-corrected chi connectivity index (χ4v) is 2.15. The zero-order valence-corrected chi connectivity index (χ0v) is 11.5. The van der Waals surface area contributed by atoms with Gasteiger partial charge in [0.05, 0.1) is 6.20 Å². The number of aryl methyl sites for hydroxylation is 1. The average molecular weight is 264 g/mol. The molecule has 0 saturated carbocycles. The molecule has 1 aliphatic heterocycles. The zero-order valence-electron chi connectivity index (χ0n) is 11.5. The number of rotatable bonds is 4. The molecule has 1 fully saturated rings. The first-order chi connectivity index (χ1) is 9.19. The average Bonchev–Trinajstić information content (AvgIpc) is 2.42. The molecule has 0 aromatic carbocycles. The predicted octanol–water partition coefficient (Wildman–Crippen LogP) is 1.41. The molecule has 1 aliphatic rings. The van der Waals surface area contributed by atoms with Crippen LogP contribution in [0.15, 0.2) is 18.3 Å². The molecule has 0 atom stereocenters. The highest BCUT2D eigenvalue weighted by atomic mass is 16.5. The number of amides is 1. The molecule has 1 aromatic heterocycles. The number of methoxy groups -OCH3 is 1. The Hall–Kier alpha value is -1.62. The summed E-state index contributed by atoms with van der Waals surface area (Å²) in [6, 6.07) is 3.87. The molecule has 1 amide bonds. The summed E-state index contributed by atoms with van der Waals surface area (Å²) < 4.78 is 10.7. The summed E-state index contributed by atoms with van der Waals surface area (Å²) in [6.45, 7) is 3.56. The monoisotopic (exact) mass is 264 g/mol. The lowest BCUT2D eigenvalue weighted by Gasteiger charge is -2.32. The Balaban J connectivity index is 1.80. The molecule has 5 nitrogen and oxygen atoms in total. The highest BCUT2D eigenvalue weighted by molar-refractivity contribution is 5.77. The van der Waals surface area contributed by atoms with Gasteiger partial charge in [-0.25, -0.2) is 0 Å². The van der Waals surface area contributed by atoms with E-state index in [4.69, 9.17) is 9.47 Å². The lowest BCUT2D eigenvalue weighted by atomic mass is 10.1. The van der Waals surface area contributed by atoms with Crippen LogP contribution in [0.4, 0.5) is 0 Å². The molecular formula is C14H20N2O3. The van der Waals surface area contributed by atoms with Crippen LogP contribution in [-0.4, -0.2) is 48.7 Å². The number of hydrogen-bond acceptors (Lipinski definition) is 4. The Morgan fingerprint density at radius 2 is 2.16 bits per heavy atom. The SMILES string of the molecule is COCC(=O)N1CCC(Oc2ccc(C)nc2)CC1. The van der Waals surface area contributed by atoms with Gasteiger partial charge in [-0.1, -0.05) is 0 Å². The molecule has 0 N–H and O–H groups in total. The van der Waals surface area contributed by atoms with Gasteiger partial charge in [0.1, 0.15) is 18.5 Å². The molecular weight excluding hydrogens is 244 g/mol. The smallest absolute Gasteiger partial charge is 0.248 e. The molecule has 5 heteroatoms. The summed E-state index contributed by atoms with van der Waals surface area (Å²) in [5, 5.41) is 0. The van der Waals surface area contributed by atoms with Crippen molar-refractivity contribution in [1.29, 1.82) is 0 Å². The minimum Gasteiger partial charge on any atom is -0.489 e. The minimum atomic E-state index is 0.0537. The molecule has 19 heavy (non-hydrogen) atoms. The van der Waals surface area contributed by atoms with Gasteiger partial charge in [0, 0.05) is 38.7 Å². The van der Waals surface area contributed by atoms with Crippen LogP contribution >= 0.6 is 0 Å². The lowest BCUT2D eigenvalue weighted by Crippen LogP contribution is -2.43. The number of aromatic nitrogens is 1. The summed E-state index contributed by atoms with van der Waals surface area (Å²) in [5.41, 5.74) is 0.979. The van der Waals surface area contributed by atoms with Gasteiger partial charge >= 0.3 is 0 Å². The Bertz CT molecular complexity index is 411. The lowest BCUT2D eigenvalue weighted by molar-refractivity contribution is -0.136. The summed E-state index contributed by atoms with van der Waals surface area (Å²) >= 11 is 0. The third-order valence-corrected chi connectivity index (χ3v) is 3.25. The number of ether oxygens (including phenoxy) is 2. The van der Waals surface area contributed by atoms with Crippen LogP contribution in [0, 0.1) is 6.92 Å². The number of carbonyl (C=O) groups excluding carboxylic acids is 1. The van der Waals surface area contributed by atoms with E-state index in [1.807, 2.05) is 24.0 Å². The molecule has 0 aliphatic carbocycles. The van der Waals surface area contributed by atoms with Crippen molar-refractivity contribution in [3.63, 3.8) is 0 Å². The second-order valence-electron chi connectivity index (χ2n) is 4.77. The molecule has 1 saturated heterocycles. The number of piperidine rings is 1. The summed E-state index contributed by atoms with van der Waals surface area (Å²) in [6.07, 6.45) is 3.61. The quantitative estimate of drug-likeness (QED) is 0.825. The predicted molar refractivity (Wildman–Crippen MR) is 71.1 cm³/mol. The first-order valence-corrected chi connectivity index (χ1v) is 6.55. The molecule has 104 valence electrons. The van der Waals surface area contributed by atoms with Crippen molar-refractivity contribution in [2.45, 2.75) is 25.9 Å². The molecule has 0 bridgehead atoms. The Morgan fingerprint density at radius 1 is 1.42 bits per heavy atom. The van der Waals surface area contributed by atoms with Gasteiger partial charge in [-0.3, -0.25) is 9.78 Å². The van der Waals surface area contributed by atoms with Gasteiger partial charge in [0.15, 0.2) is 0 Å². The van der Waals surface area contributed by atoms with Crippen LogP contribution in [0.25, 0.3) is 0 Å². The largest absolute Gasteiger partial charge is 0.489 e. The third-order valence-electron chi connectivity index (χ3n) is 3.25. The van der Waals surface area contributed by atoms with Crippen LogP contribution in [0.5, 0.6) is 5.75 Å². The topological polar surface area (TPSA) is 51.7 Å². The number of hydrogen-bond donors (Lipinski definition) is 0. The van der Waals surface area contributed by atoms with E-state index in [1.54, 1.807) is 6.20 Å². The highest BCUT2D eigenvalue weighted by Crippen LogP contribution is 2.18. The molecule has 0 radical (unpaired) electrons. The van der Waals surface area contributed by atoms with Crippen molar-refractivity contribution < 1.29 is 14.3 Å². The molecule has 2 heterocycles. The van der Waals surface area contributed by atoms with E-state index in [9.17, 15) is 4.79 Å². The van der Waals surface area contributed by atoms with Crippen molar-refractivity contribution in [2.24, 2.45) is 0 Å². The van der Waals surface area contributed by atoms with E-state index in [2.05, 4.69) is 4.98 Å². The number of pyridine rings is 1. The van der Waals surface area contributed by atoms with Gasteiger partial charge in [-0.2, -0.15) is 0 Å². The van der Waals surface area contributed by atoms with E-state index in [0.29, 0.717) is 0 Å². The second-order valence-corrected chi connectivity index (χ2v) is 4.77. The number of carbonyl (C=O) groups is 1. The normalized spacial score (nSPS) is 16.4. The van der Waals surface area contributed by atoms with E-state index in [1.165, 1.54) is 7.11 Å². The van der Waals surface area contributed by atoms with Crippen LogP contribution < -0.4 is 4.74 Å². The summed E-state index contributed by atoms with van der Waals surface area (Å²) in [4.78, 5) is 17.7. The fourth-order valence-electron chi connectivity index (χ4n) is 2.15. The number of likely N-dealkylation sites (tertiary alicyclic amines) is 1. The maximum atomic E-state index is 11.7. The first kappa shape index (κ1) is 13.8. The van der Waals surface area contributed by atoms with E-state index >= 15 is 0 Å².